The standard InChI is InChI=1S/C25H18Cl4N2O3/c1-2-33-23-11-16(8-17(13-30)25(32)31-19-5-3-4-18(26)12-19)10-22(29)24(23)34-14-15-6-7-20(27)21(28)9-15/h3-12H,2,14H2,1H3,(H,31,32)/b17-8+. The zero-order valence-corrected chi connectivity index (χ0v) is 20.9. The van der Waals surface area contributed by atoms with Gasteiger partial charge in [-0.15, -0.1) is 0 Å². The van der Waals surface area contributed by atoms with Crippen molar-refractivity contribution in [1.82, 2.24) is 0 Å². The summed E-state index contributed by atoms with van der Waals surface area (Å²) in [5.74, 6) is 0.112. The van der Waals surface area contributed by atoms with Gasteiger partial charge in [-0.05, 0) is 66.6 Å². The summed E-state index contributed by atoms with van der Waals surface area (Å²) in [7, 11) is 0. The van der Waals surface area contributed by atoms with Crippen molar-refractivity contribution in [2.45, 2.75) is 13.5 Å². The Morgan fingerprint density at radius 1 is 1.00 bits per heavy atom. The van der Waals surface area contributed by atoms with E-state index in [0.29, 0.717) is 44.4 Å². The highest BCUT2D eigenvalue weighted by Crippen LogP contribution is 2.38. The molecule has 0 saturated carbocycles. The number of carbonyl (C=O) groups is 1. The number of rotatable bonds is 8. The Kier molecular flexibility index (Phi) is 9.09. The highest BCUT2D eigenvalue weighted by atomic mass is 35.5. The van der Waals surface area contributed by atoms with Crippen molar-refractivity contribution in [3.8, 4) is 17.6 Å². The molecular formula is C25H18Cl4N2O3. The molecule has 3 aromatic carbocycles. The number of halogens is 4. The Hall–Kier alpha value is -2.88. The van der Waals surface area contributed by atoms with Crippen LogP contribution in [-0.2, 0) is 11.4 Å². The number of nitriles is 1. The first-order valence-corrected chi connectivity index (χ1v) is 11.5. The van der Waals surface area contributed by atoms with Crippen molar-refractivity contribution in [2.75, 3.05) is 11.9 Å². The molecule has 0 aromatic heterocycles. The van der Waals surface area contributed by atoms with Crippen LogP contribution in [0.25, 0.3) is 6.08 Å². The van der Waals surface area contributed by atoms with E-state index in [2.05, 4.69) is 5.32 Å². The SMILES string of the molecule is CCOc1cc(/C=C(\C#N)C(=O)Nc2cccc(Cl)c2)cc(Cl)c1OCc1ccc(Cl)c(Cl)c1. The van der Waals surface area contributed by atoms with Gasteiger partial charge in [0.05, 0.1) is 21.7 Å². The highest BCUT2D eigenvalue weighted by Gasteiger charge is 2.15. The molecule has 0 aliphatic rings. The second kappa shape index (κ2) is 12.0. The van der Waals surface area contributed by atoms with Crippen molar-refractivity contribution in [3.63, 3.8) is 0 Å². The number of amides is 1. The molecule has 5 nitrogen and oxygen atoms in total. The third-order valence-electron chi connectivity index (χ3n) is 4.46. The van der Waals surface area contributed by atoms with Crippen LogP contribution in [0.4, 0.5) is 5.69 Å². The van der Waals surface area contributed by atoms with Gasteiger partial charge in [0, 0.05) is 10.7 Å². The number of benzene rings is 3. The molecule has 0 saturated heterocycles. The van der Waals surface area contributed by atoms with Gasteiger partial charge in [-0.1, -0.05) is 58.5 Å². The van der Waals surface area contributed by atoms with Gasteiger partial charge >= 0.3 is 0 Å². The molecule has 0 bridgehead atoms. The molecule has 0 unspecified atom stereocenters. The van der Waals surface area contributed by atoms with Gasteiger partial charge in [-0.3, -0.25) is 4.79 Å². The van der Waals surface area contributed by atoms with Crippen LogP contribution in [0.2, 0.25) is 20.1 Å². The van der Waals surface area contributed by atoms with E-state index in [-0.39, 0.29) is 17.2 Å². The average Bonchev–Trinajstić information content (AvgIpc) is 2.79. The lowest BCUT2D eigenvalue weighted by Crippen LogP contribution is -2.13. The largest absolute Gasteiger partial charge is 0.490 e. The summed E-state index contributed by atoms with van der Waals surface area (Å²) in [4.78, 5) is 12.6. The monoisotopic (exact) mass is 534 g/mol. The molecule has 1 N–H and O–H groups in total. The van der Waals surface area contributed by atoms with Gasteiger partial charge in [0.1, 0.15) is 18.2 Å². The van der Waals surface area contributed by atoms with Crippen LogP contribution in [-0.4, -0.2) is 12.5 Å². The van der Waals surface area contributed by atoms with E-state index in [0.717, 1.165) is 5.56 Å². The summed E-state index contributed by atoms with van der Waals surface area (Å²) < 4.78 is 11.6. The molecule has 0 aliphatic carbocycles. The summed E-state index contributed by atoms with van der Waals surface area (Å²) in [6, 6.07) is 16.9. The first-order chi connectivity index (χ1) is 16.3. The van der Waals surface area contributed by atoms with E-state index in [1.165, 1.54) is 6.08 Å². The lowest BCUT2D eigenvalue weighted by Gasteiger charge is -2.15. The number of hydrogen-bond donors (Lipinski definition) is 1. The van der Waals surface area contributed by atoms with Crippen LogP contribution in [0.15, 0.2) is 60.2 Å². The number of carbonyl (C=O) groups excluding carboxylic acids is 1. The summed E-state index contributed by atoms with van der Waals surface area (Å²) in [6.45, 7) is 2.35. The van der Waals surface area contributed by atoms with E-state index in [1.807, 2.05) is 13.0 Å². The smallest absolute Gasteiger partial charge is 0.266 e. The minimum atomic E-state index is -0.584. The molecule has 0 atom stereocenters. The van der Waals surface area contributed by atoms with Crippen LogP contribution in [0, 0.1) is 11.3 Å². The molecule has 3 rings (SSSR count). The fraction of sp³-hybridized carbons (Fsp3) is 0.120. The number of nitrogens with zero attached hydrogens (tertiary/aromatic N) is 1. The summed E-state index contributed by atoms with van der Waals surface area (Å²) >= 11 is 24.4. The van der Waals surface area contributed by atoms with E-state index >= 15 is 0 Å². The Labute approximate surface area is 217 Å². The summed E-state index contributed by atoms with van der Waals surface area (Å²) in [6.07, 6.45) is 1.41. The third-order valence-corrected chi connectivity index (χ3v) is 5.71. The molecular weight excluding hydrogens is 518 g/mol. The fourth-order valence-corrected chi connectivity index (χ4v) is 3.72. The van der Waals surface area contributed by atoms with E-state index < -0.39 is 5.91 Å². The van der Waals surface area contributed by atoms with Crippen molar-refractivity contribution in [1.29, 1.82) is 5.26 Å². The van der Waals surface area contributed by atoms with Crippen LogP contribution >= 0.6 is 46.4 Å². The Morgan fingerprint density at radius 2 is 1.79 bits per heavy atom. The predicted octanol–water partition coefficient (Wildman–Crippen LogP) is 7.82. The maximum Gasteiger partial charge on any atom is 0.266 e. The normalized spacial score (nSPS) is 11.0. The van der Waals surface area contributed by atoms with Crippen molar-refractivity contribution < 1.29 is 14.3 Å². The van der Waals surface area contributed by atoms with E-state index in [4.69, 9.17) is 55.9 Å². The van der Waals surface area contributed by atoms with Gasteiger partial charge in [-0.2, -0.15) is 5.26 Å². The zero-order chi connectivity index (χ0) is 24.7. The molecule has 0 fully saturated rings. The summed E-state index contributed by atoms with van der Waals surface area (Å²) in [5.41, 5.74) is 1.63. The van der Waals surface area contributed by atoms with Gasteiger partial charge in [0.25, 0.3) is 5.91 Å². The molecule has 9 heteroatoms. The molecule has 34 heavy (non-hydrogen) atoms. The molecule has 1 amide bonds. The van der Waals surface area contributed by atoms with Crippen molar-refractivity contribution in [3.05, 3.63) is 91.4 Å². The van der Waals surface area contributed by atoms with Crippen LogP contribution in [0.3, 0.4) is 0 Å². The fourth-order valence-electron chi connectivity index (χ4n) is 2.94. The number of nitrogens with one attached hydrogen (secondary N) is 1. The first kappa shape index (κ1) is 25.7. The maximum atomic E-state index is 12.6. The number of anilines is 1. The Bertz CT molecular complexity index is 1290. The third kappa shape index (κ3) is 6.82. The van der Waals surface area contributed by atoms with Crippen molar-refractivity contribution in [2.24, 2.45) is 0 Å². The highest BCUT2D eigenvalue weighted by molar-refractivity contribution is 6.42. The maximum absolute atomic E-state index is 12.6. The topological polar surface area (TPSA) is 71.3 Å². The Morgan fingerprint density at radius 3 is 2.47 bits per heavy atom. The second-order valence-electron chi connectivity index (χ2n) is 6.93. The van der Waals surface area contributed by atoms with Crippen molar-refractivity contribution >= 4 is 64.1 Å². The van der Waals surface area contributed by atoms with Gasteiger partial charge in [-0.25, -0.2) is 0 Å². The van der Waals surface area contributed by atoms with Gasteiger partial charge in [0.2, 0.25) is 0 Å². The number of hydrogen-bond acceptors (Lipinski definition) is 4. The van der Waals surface area contributed by atoms with Gasteiger partial charge in [0.15, 0.2) is 11.5 Å². The average molecular weight is 536 g/mol. The lowest BCUT2D eigenvalue weighted by atomic mass is 10.1. The first-order valence-electron chi connectivity index (χ1n) is 10.0. The molecule has 0 radical (unpaired) electrons. The zero-order valence-electron chi connectivity index (χ0n) is 17.9. The van der Waals surface area contributed by atoms with Crippen LogP contribution in [0.1, 0.15) is 18.1 Å². The molecule has 3 aromatic rings. The summed E-state index contributed by atoms with van der Waals surface area (Å²) in [5, 5.41) is 13.7. The van der Waals surface area contributed by atoms with E-state index in [9.17, 15) is 10.1 Å². The molecule has 0 spiro atoms. The Balaban J connectivity index is 1.85. The van der Waals surface area contributed by atoms with Crippen LogP contribution in [0.5, 0.6) is 11.5 Å². The number of ether oxygens (including phenoxy) is 2. The second-order valence-corrected chi connectivity index (χ2v) is 8.59. The van der Waals surface area contributed by atoms with E-state index in [1.54, 1.807) is 54.6 Å². The molecule has 0 aliphatic heterocycles. The minimum Gasteiger partial charge on any atom is -0.490 e. The minimum absolute atomic E-state index is 0.122. The lowest BCUT2D eigenvalue weighted by molar-refractivity contribution is -0.112. The quantitative estimate of drug-likeness (QED) is 0.235. The molecule has 174 valence electrons. The van der Waals surface area contributed by atoms with Crippen LogP contribution < -0.4 is 14.8 Å². The predicted molar refractivity (Wildman–Crippen MR) is 137 cm³/mol. The molecule has 0 heterocycles. The van der Waals surface area contributed by atoms with Gasteiger partial charge < -0.3 is 14.8 Å².